The molecule has 3 rings (SSSR count). The minimum Gasteiger partial charge on any atom is -0.481 e. The quantitative estimate of drug-likeness (QED) is 0.563. The molecule has 0 atom stereocenters. The van der Waals surface area contributed by atoms with Gasteiger partial charge in [-0.25, -0.2) is 4.79 Å². The van der Waals surface area contributed by atoms with Crippen molar-refractivity contribution < 1.29 is 28.5 Å². The summed E-state index contributed by atoms with van der Waals surface area (Å²) >= 11 is 0. The predicted octanol–water partition coefficient (Wildman–Crippen LogP) is 2.60. The number of ether oxygens (including phenoxy) is 4. The second-order valence-electron chi connectivity index (χ2n) is 5.92. The fourth-order valence-electron chi connectivity index (χ4n) is 2.63. The molecule has 30 heavy (non-hydrogen) atoms. The maximum Gasteiger partial charge on any atom is 0.343 e. The summed E-state index contributed by atoms with van der Waals surface area (Å²) in [6.07, 6.45) is 0. The first-order valence-corrected chi connectivity index (χ1v) is 8.80. The van der Waals surface area contributed by atoms with Gasteiger partial charge in [0.1, 0.15) is 11.3 Å². The summed E-state index contributed by atoms with van der Waals surface area (Å²) < 4.78 is 21.1. The fraction of sp³-hybridized carbons (Fsp3) is 0.143. The lowest BCUT2D eigenvalue weighted by molar-refractivity contribution is -0.121. The molecule has 0 spiro atoms. The number of carbonyl (C=O) groups excluding carboxylic acids is 2. The number of rotatable bonds is 8. The normalized spacial score (nSPS) is 10.2. The van der Waals surface area contributed by atoms with E-state index < -0.39 is 18.5 Å². The van der Waals surface area contributed by atoms with Crippen LogP contribution in [0.4, 0.5) is 0 Å². The Labute approximate surface area is 172 Å². The van der Waals surface area contributed by atoms with Crippen LogP contribution < -0.4 is 19.9 Å². The van der Waals surface area contributed by atoms with Crippen LogP contribution in [-0.4, -0.2) is 42.7 Å². The summed E-state index contributed by atoms with van der Waals surface area (Å²) in [6.45, 7) is -0.565. The number of benzene rings is 2. The standard InChI is InChI=1S/C21H19N3O6/c1-27-17-11-18(28-2)24-21(23-17)30-15-10-6-9-14(13-7-4-3-5-8-13)19(15)20(26)29-12-16(22)25/h3-11H,12H2,1-2H3,(H2,22,25). The van der Waals surface area contributed by atoms with Crippen molar-refractivity contribution in [2.75, 3.05) is 20.8 Å². The maximum atomic E-state index is 12.8. The first kappa shape index (κ1) is 20.6. The lowest BCUT2D eigenvalue weighted by Gasteiger charge is -2.14. The van der Waals surface area contributed by atoms with Crippen molar-refractivity contribution in [3.63, 3.8) is 0 Å². The second kappa shape index (κ2) is 9.37. The predicted molar refractivity (Wildman–Crippen MR) is 107 cm³/mol. The molecule has 154 valence electrons. The molecule has 9 nitrogen and oxygen atoms in total. The lowest BCUT2D eigenvalue weighted by atomic mass is 9.99. The van der Waals surface area contributed by atoms with Crippen molar-refractivity contribution in [3.05, 3.63) is 60.2 Å². The summed E-state index contributed by atoms with van der Waals surface area (Å²) in [5, 5.41) is 0. The third-order valence-corrected chi connectivity index (χ3v) is 3.94. The highest BCUT2D eigenvalue weighted by Crippen LogP contribution is 2.34. The number of esters is 1. The van der Waals surface area contributed by atoms with Crippen LogP contribution in [0, 0.1) is 0 Å². The number of aromatic nitrogens is 2. The van der Waals surface area contributed by atoms with E-state index in [1.54, 1.807) is 18.2 Å². The molecular formula is C21H19N3O6. The van der Waals surface area contributed by atoms with Crippen molar-refractivity contribution in [2.24, 2.45) is 5.73 Å². The van der Waals surface area contributed by atoms with E-state index in [2.05, 4.69) is 9.97 Å². The average molecular weight is 409 g/mol. The molecule has 1 heterocycles. The van der Waals surface area contributed by atoms with Gasteiger partial charge in [0.25, 0.3) is 5.91 Å². The number of hydrogen-bond acceptors (Lipinski definition) is 8. The molecule has 0 fully saturated rings. The number of carbonyl (C=O) groups is 2. The Morgan fingerprint density at radius 3 is 2.20 bits per heavy atom. The van der Waals surface area contributed by atoms with Gasteiger partial charge in [-0.2, -0.15) is 9.97 Å². The van der Waals surface area contributed by atoms with Gasteiger partial charge in [0.2, 0.25) is 11.8 Å². The van der Waals surface area contributed by atoms with Crippen molar-refractivity contribution in [1.29, 1.82) is 0 Å². The van der Waals surface area contributed by atoms with Crippen LogP contribution in [0.1, 0.15) is 10.4 Å². The Hall–Kier alpha value is -4.14. The smallest absolute Gasteiger partial charge is 0.343 e. The number of primary amides is 1. The molecule has 0 aliphatic heterocycles. The molecule has 2 aromatic carbocycles. The first-order chi connectivity index (χ1) is 14.5. The van der Waals surface area contributed by atoms with Gasteiger partial charge in [0, 0.05) is 0 Å². The highest BCUT2D eigenvalue weighted by Gasteiger charge is 2.22. The third kappa shape index (κ3) is 4.82. The Bertz CT molecular complexity index is 1030. The molecule has 0 saturated carbocycles. The Morgan fingerprint density at radius 2 is 1.60 bits per heavy atom. The molecule has 9 heteroatoms. The molecule has 1 aromatic heterocycles. The number of methoxy groups -OCH3 is 2. The van der Waals surface area contributed by atoms with E-state index in [0.29, 0.717) is 5.56 Å². The zero-order valence-electron chi connectivity index (χ0n) is 16.3. The molecule has 0 saturated heterocycles. The van der Waals surface area contributed by atoms with E-state index in [-0.39, 0.29) is 29.1 Å². The summed E-state index contributed by atoms with van der Waals surface area (Å²) in [6, 6.07) is 15.6. The maximum absolute atomic E-state index is 12.8. The molecule has 2 N–H and O–H groups in total. The number of nitrogens with zero attached hydrogens (tertiary/aromatic N) is 2. The third-order valence-electron chi connectivity index (χ3n) is 3.94. The minimum atomic E-state index is -0.780. The van der Waals surface area contributed by atoms with Crippen LogP contribution in [0.25, 0.3) is 11.1 Å². The summed E-state index contributed by atoms with van der Waals surface area (Å²) in [7, 11) is 2.88. The van der Waals surface area contributed by atoms with E-state index >= 15 is 0 Å². The van der Waals surface area contributed by atoms with Gasteiger partial charge >= 0.3 is 12.0 Å². The van der Waals surface area contributed by atoms with Gasteiger partial charge in [-0.05, 0) is 17.2 Å². The minimum absolute atomic E-state index is 0.0929. The van der Waals surface area contributed by atoms with E-state index in [9.17, 15) is 9.59 Å². The number of amides is 1. The van der Waals surface area contributed by atoms with Crippen LogP contribution >= 0.6 is 0 Å². The summed E-state index contributed by atoms with van der Waals surface area (Å²) in [4.78, 5) is 32.1. The van der Waals surface area contributed by atoms with Gasteiger partial charge in [-0.3, -0.25) is 4.79 Å². The van der Waals surface area contributed by atoms with E-state index in [1.807, 2.05) is 30.3 Å². The highest BCUT2D eigenvalue weighted by atomic mass is 16.5. The Morgan fingerprint density at radius 1 is 0.933 bits per heavy atom. The van der Waals surface area contributed by atoms with E-state index in [4.69, 9.17) is 24.7 Å². The number of nitrogens with two attached hydrogens (primary N) is 1. The average Bonchev–Trinajstić information content (AvgIpc) is 2.77. The van der Waals surface area contributed by atoms with Gasteiger partial charge in [0.05, 0.1) is 20.3 Å². The van der Waals surface area contributed by atoms with Gasteiger partial charge in [-0.15, -0.1) is 0 Å². The van der Waals surface area contributed by atoms with E-state index in [1.165, 1.54) is 20.3 Å². The molecule has 0 radical (unpaired) electrons. The first-order valence-electron chi connectivity index (χ1n) is 8.80. The molecule has 3 aromatic rings. The largest absolute Gasteiger partial charge is 0.481 e. The fourth-order valence-corrected chi connectivity index (χ4v) is 2.63. The summed E-state index contributed by atoms with van der Waals surface area (Å²) in [5.74, 6) is -0.994. The Kier molecular flexibility index (Phi) is 6.43. The molecular weight excluding hydrogens is 390 g/mol. The SMILES string of the molecule is COc1cc(OC)nc(Oc2cccc(-c3ccccc3)c2C(=O)OCC(N)=O)n1. The van der Waals surface area contributed by atoms with Crippen molar-refractivity contribution >= 4 is 11.9 Å². The topological polar surface area (TPSA) is 123 Å². The molecule has 0 aliphatic rings. The molecule has 0 bridgehead atoms. The second-order valence-corrected chi connectivity index (χ2v) is 5.92. The van der Waals surface area contributed by atoms with Crippen LogP contribution in [-0.2, 0) is 9.53 Å². The lowest BCUT2D eigenvalue weighted by Crippen LogP contribution is -2.21. The van der Waals surface area contributed by atoms with Gasteiger partial charge in [-0.1, -0.05) is 42.5 Å². The number of hydrogen-bond donors (Lipinski definition) is 1. The van der Waals surface area contributed by atoms with Crippen LogP contribution in [0.2, 0.25) is 0 Å². The van der Waals surface area contributed by atoms with Crippen molar-refractivity contribution in [2.45, 2.75) is 0 Å². The van der Waals surface area contributed by atoms with Crippen molar-refractivity contribution in [3.8, 4) is 34.6 Å². The van der Waals surface area contributed by atoms with E-state index in [0.717, 1.165) is 5.56 Å². The molecule has 0 unspecified atom stereocenters. The zero-order chi connectivity index (χ0) is 21.5. The highest BCUT2D eigenvalue weighted by molar-refractivity contribution is 6.01. The van der Waals surface area contributed by atoms with Crippen LogP contribution in [0.5, 0.6) is 23.5 Å². The molecule has 1 amide bonds. The van der Waals surface area contributed by atoms with Crippen LogP contribution in [0.3, 0.4) is 0 Å². The van der Waals surface area contributed by atoms with Crippen molar-refractivity contribution in [1.82, 2.24) is 9.97 Å². The monoisotopic (exact) mass is 409 g/mol. The summed E-state index contributed by atoms with van der Waals surface area (Å²) in [5.41, 5.74) is 6.48. The van der Waals surface area contributed by atoms with Gasteiger partial charge in [0.15, 0.2) is 6.61 Å². The molecule has 0 aliphatic carbocycles. The van der Waals surface area contributed by atoms with Crippen LogP contribution in [0.15, 0.2) is 54.6 Å². The van der Waals surface area contributed by atoms with Gasteiger partial charge < -0.3 is 24.7 Å². The Balaban J connectivity index is 2.08. The zero-order valence-corrected chi connectivity index (χ0v) is 16.3.